The number of fused-ring (bicyclic) bond motifs is 1. The first-order valence-electron chi connectivity index (χ1n) is 8.59. The molecule has 2 aliphatic rings. The number of nitrogens with zero attached hydrogens (tertiary/aromatic N) is 4. The van der Waals surface area contributed by atoms with Crippen molar-refractivity contribution in [1.29, 1.82) is 0 Å². The molecule has 2 aliphatic heterocycles. The summed E-state index contributed by atoms with van der Waals surface area (Å²) in [4.78, 5) is 22.3. The van der Waals surface area contributed by atoms with Gasteiger partial charge in [-0.3, -0.25) is 4.79 Å². The molecule has 1 saturated heterocycles. The number of amides is 1. The highest BCUT2D eigenvalue weighted by atomic mass is 32.2. The van der Waals surface area contributed by atoms with E-state index in [1.807, 2.05) is 4.90 Å². The second-order valence-electron chi connectivity index (χ2n) is 6.35. The van der Waals surface area contributed by atoms with Crippen LogP contribution in [0.3, 0.4) is 0 Å². The lowest BCUT2D eigenvalue weighted by atomic mass is 10.2. The number of hydrogen-bond donors (Lipinski definition) is 1. The Hall–Kier alpha value is -2.72. The molecule has 1 atom stereocenters. The van der Waals surface area contributed by atoms with Crippen LogP contribution in [0.1, 0.15) is 6.92 Å². The molecule has 9 nitrogen and oxygen atoms in total. The number of benzene rings is 1. The van der Waals surface area contributed by atoms with E-state index < -0.39 is 16.1 Å². The van der Waals surface area contributed by atoms with Crippen molar-refractivity contribution in [3.05, 3.63) is 36.7 Å². The Labute approximate surface area is 157 Å². The van der Waals surface area contributed by atoms with E-state index >= 15 is 0 Å². The summed E-state index contributed by atoms with van der Waals surface area (Å²) in [7, 11) is -3.67. The molecule has 142 valence electrons. The molecule has 1 amide bonds. The maximum absolute atomic E-state index is 13.0. The van der Waals surface area contributed by atoms with E-state index in [1.165, 1.54) is 16.4 Å². The molecule has 1 aromatic carbocycles. The molecule has 1 aromatic heterocycles. The third-order valence-electron chi connectivity index (χ3n) is 4.59. The Morgan fingerprint density at radius 2 is 1.85 bits per heavy atom. The number of nitrogens with one attached hydrogen (secondary N) is 1. The molecule has 27 heavy (non-hydrogen) atoms. The fraction of sp³-hybridized carbons (Fsp3) is 0.353. The molecule has 2 aromatic rings. The molecule has 0 aliphatic carbocycles. The molecule has 0 saturated carbocycles. The van der Waals surface area contributed by atoms with Gasteiger partial charge in [-0.1, -0.05) is 0 Å². The number of hydrogen-bond acceptors (Lipinski definition) is 7. The minimum Gasteiger partial charge on any atom is -0.479 e. The van der Waals surface area contributed by atoms with Gasteiger partial charge in [0.25, 0.3) is 5.91 Å². The van der Waals surface area contributed by atoms with Crippen LogP contribution in [0, 0.1) is 0 Å². The van der Waals surface area contributed by atoms with Gasteiger partial charge in [0.15, 0.2) is 6.10 Å². The monoisotopic (exact) mass is 389 g/mol. The van der Waals surface area contributed by atoms with E-state index in [0.29, 0.717) is 43.6 Å². The maximum atomic E-state index is 13.0. The lowest BCUT2D eigenvalue weighted by Crippen LogP contribution is -2.49. The minimum atomic E-state index is -3.67. The number of piperazine rings is 1. The fourth-order valence-electron chi connectivity index (χ4n) is 3.08. The van der Waals surface area contributed by atoms with Crippen LogP contribution in [-0.2, 0) is 14.8 Å². The zero-order valence-electron chi connectivity index (χ0n) is 14.7. The second kappa shape index (κ2) is 6.78. The van der Waals surface area contributed by atoms with Crippen LogP contribution in [0.15, 0.2) is 41.6 Å². The van der Waals surface area contributed by atoms with Gasteiger partial charge in [-0.05, 0) is 31.2 Å². The van der Waals surface area contributed by atoms with Crippen molar-refractivity contribution in [2.24, 2.45) is 0 Å². The number of rotatable bonds is 3. The van der Waals surface area contributed by atoms with E-state index in [0.717, 1.165) is 0 Å². The Bertz CT molecular complexity index is 959. The Kier molecular flexibility index (Phi) is 4.44. The molecular weight excluding hydrogens is 370 g/mol. The summed E-state index contributed by atoms with van der Waals surface area (Å²) in [6, 6.07) is 6.27. The summed E-state index contributed by atoms with van der Waals surface area (Å²) in [6.45, 7) is 3.31. The highest BCUT2D eigenvalue weighted by Gasteiger charge is 2.31. The number of carbonyl (C=O) groups is 1. The highest BCUT2D eigenvalue weighted by Crippen LogP contribution is 2.33. The quantitative estimate of drug-likeness (QED) is 0.824. The van der Waals surface area contributed by atoms with E-state index in [1.54, 1.807) is 31.5 Å². The smallest absolute Gasteiger partial charge is 0.265 e. The summed E-state index contributed by atoms with van der Waals surface area (Å²) < 4.78 is 32.9. The largest absolute Gasteiger partial charge is 0.479 e. The van der Waals surface area contributed by atoms with Gasteiger partial charge in [-0.2, -0.15) is 4.31 Å². The van der Waals surface area contributed by atoms with Gasteiger partial charge in [-0.25, -0.2) is 18.4 Å². The number of aromatic nitrogens is 2. The van der Waals surface area contributed by atoms with Crippen LogP contribution in [0.25, 0.3) is 0 Å². The predicted molar refractivity (Wildman–Crippen MR) is 98.2 cm³/mol. The van der Waals surface area contributed by atoms with Gasteiger partial charge in [0.1, 0.15) is 5.75 Å². The number of ether oxygens (including phenoxy) is 1. The minimum absolute atomic E-state index is 0.129. The lowest BCUT2D eigenvalue weighted by molar-refractivity contribution is -0.122. The second-order valence-corrected chi connectivity index (χ2v) is 8.29. The first kappa shape index (κ1) is 17.7. The molecule has 0 radical (unpaired) electrons. The average Bonchev–Trinajstić information content (AvgIpc) is 2.69. The maximum Gasteiger partial charge on any atom is 0.265 e. The first-order chi connectivity index (χ1) is 12.9. The SMILES string of the molecule is C[C@H]1Oc2ccc(S(=O)(=O)N3CCN(c4ncccn4)CC3)cc2NC1=O. The molecule has 10 heteroatoms. The molecule has 3 heterocycles. The predicted octanol–water partition coefficient (Wildman–Crippen LogP) is 0.707. The molecule has 1 N–H and O–H groups in total. The van der Waals surface area contributed by atoms with Crippen LogP contribution in [0.2, 0.25) is 0 Å². The molecule has 1 fully saturated rings. The zero-order valence-corrected chi connectivity index (χ0v) is 15.5. The number of sulfonamides is 1. The van der Waals surface area contributed by atoms with Crippen LogP contribution in [-0.4, -0.2) is 60.9 Å². The highest BCUT2D eigenvalue weighted by molar-refractivity contribution is 7.89. The van der Waals surface area contributed by atoms with Crippen LogP contribution >= 0.6 is 0 Å². The van der Waals surface area contributed by atoms with Gasteiger partial charge in [0, 0.05) is 38.6 Å². The van der Waals surface area contributed by atoms with Gasteiger partial charge in [-0.15, -0.1) is 0 Å². The van der Waals surface area contributed by atoms with Crippen molar-refractivity contribution in [2.45, 2.75) is 17.9 Å². The van der Waals surface area contributed by atoms with E-state index in [-0.39, 0.29) is 10.8 Å². The van der Waals surface area contributed by atoms with E-state index in [9.17, 15) is 13.2 Å². The van der Waals surface area contributed by atoms with Crippen molar-refractivity contribution in [3.63, 3.8) is 0 Å². The van der Waals surface area contributed by atoms with Crippen molar-refractivity contribution in [3.8, 4) is 5.75 Å². The van der Waals surface area contributed by atoms with Crippen molar-refractivity contribution in [1.82, 2.24) is 14.3 Å². The van der Waals surface area contributed by atoms with Crippen LogP contribution in [0.4, 0.5) is 11.6 Å². The zero-order chi connectivity index (χ0) is 19.0. The van der Waals surface area contributed by atoms with Gasteiger partial charge < -0.3 is 15.0 Å². The summed E-state index contributed by atoms with van der Waals surface area (Å²) in [5, 5.41) is 2.68. The molecule has 0 unspecified atom stereocenters. The molecule has 4 rings (SSSR count). The van der Waals surface area contributed by atoms with Crippen LogP contribution < -0.4 is 15.0 Å². The van der Waals surface area contributed by atoms with E-state index in [2.05, 4.69) is 15.3 Å². The Morgan fingerprint density at radius 1 is 1.15 bits per heavy atom. The number of carbonyl (C=O) groups excluding carboxylic acids is 1. The third-order valence-corrected chi connectivity index (χ3v) is 6.49. The topological polar surface area (TPSA) is 105 Å². The third kappa shape index (κ3) is 3.33. The fourth-order valence-corrected chi connectivity index (χ4v) is 4.53. The average molecular weight is 389 g/mol. The Balaban J connectivity index is 1.51. The van der Waals surface area contributed by atoms with Gasteiger partial charge in [0.2, 0.25) is 16.0 Å². The number of anilines is 2. The van der Waals surface area contributed by atoms with Crippen molar-refractivity contribution < 1.29 is 17.9 Å². The van der Waals surface area contributed by atoms with Gasteiger partial charge in [0.05, 0.1) is 10.6 Å². The molecule has 0 spiro atoms. The summed E-state index contributed by atoms with van der Waals surface area (Å²) in [6.07, 6.45) is 2.72. The standard InChI is InChI=1S/C17H19N5O4S/c1-12-16(23)20-14-11-13(3-4-15(14)26-12)27(24,25)22-9-7-21(8-10-22)17-18-5-2-6-19-17/h2-6,11-12H,7-10H2,1H3,(H,20,23)/t12-/m1/s1. The first-order valence-corrected chi connectivity index (χ1v) is 10.0. The van der Waals surface area contributed by atoms with Gasteiger partial charge >= 0.3 is 0 Å². The molecular formula is C17H19N5O4S. The van der Waals surface area contributed by atoms with Crippen LogP contribution in [0.5, 0.6) is 5.75 Å². The normalized spacial score (nSPS) is 20.6. The summed E-state index contributed by atoms with van der Waals surface area (Å²) >= 11 is 0. The summed E-state index contributed by atoms with van der Waals surface area (Å²) in [5.41, 5.74) is 0.371. The molecule has 0 bridgehead atoms. The summed E-state index contributed by atoms with van der Waals surface area (Å²) in [5.74, 6) is 0.762. The van der Waals surface area contributed by atoms with Crippen molar-refractivity contribution in [2.75, 3.05) is 36.4 Å². The van der Waals surface area contributed by atoms with Crippen molar-refractivity contribution >= 4 is 27.6 Å². The Morgan fingerprint density at radius 3 is 2.56 bits per heavy atom. The lowest BCUT2D eigenvalue weighted by Gasteiger charge is -2.34. The van der Waals surface area contributed by atoms with E-state index in [4.69, 9.17) is 4.74 Å².